The van der Waals surface area contributed by atoms with Gasteiger partial charge in [0.05, 0.1) is 17.4 Å². The molecular formula is C12H14N4O3. The van der Waals surface area contributed by atoms with E-state index in [4.69, 9.17) is 5.26 Å². The Balaban J connectivity index is 2.65. The Kier molecular flexibility index (Phi) is 5.29. The van der Waals surface area contributed by atoms with Gasteiger partial charge in [0.1, 0.15) is 0 Å². The average molecular weight is 262 g/mol. The minimum Gasteiger partial charge on any atom is -0.324 e. The van der Waals surface area contributed by atoms with Crippen LogP contribution in [0.15, 0.2) is 24.3 Å². The van der Waals surface area contributed by atoms with E-state index < -0.39 is 4.92 Å². The largest absolute Gasteiger partial charge is 0.324 e. The third-order valence-corrected chi connectivity index (χ3v) is 2.49. The fourth-order valence-electron chi connectivity index (χ4n) is 1.46. The molecule has 0 aliphatic rings. The van der Waals surface area contributed by atoms with Crippen molar-refractivity contribution < 1.29 is 9.72 Å². The Labute approximate surface area is 110 Å². The number of rotatable bonds is 5. The zero-order valence-corrected chi connectivity index (χ0v) is 10.5. The zero-order valence-electron chi connectivity index (χ0n) is 10.5. The molecule has 0 saturated carbocycles. The van der Waals surface area contributed by atoms with Crippen LogP contribution in [0.25, 0.3) is 0 Å². The number of urea groups is 1. The van der Waals surface area contributed by atoms with Gasteiger partial charge in [-0.15, -0.1) is 0 Å². The third kappa shape index (κ3) is 4.27. The molecule has 0 fully saturated rings. The molecule has 0 aromatic heterocycles. The first-order valence-corrected chi connectivity index (χ1v) is 5.75. The number of nitro groups is 1. The van der Waals surface area contributed by atoms with Crippen molar-refractivity contribution in [2.75, 3.05) is 18.4 Å². The van der Waals surface area contributed by atoms with Gasteiger partial charge in [-0.3, -0.25) is 10.1 Å². The number of hydrogen-bond acceptors (Lipinski definition) is 4. The number of hydrogen-bond donors (Lipinski definition) is 1. The van der Waals surface area contributed by atoms with Gasteiger partial charge in [0, 0.05) is 30.9 Å². The summed E-state index contributed by atoms with van der Waals surface area (Å²) in [5, 5.41) is 21.6. The van der Waals surface area contributed by atoms with Gasteiger partial charge in [-0.2, -0.15) is 5.26 Å². The quantitative estimate of drug-likeness (QED) is 0.650. The van der Waals surface area contributed by atoms with Crippen molar-refractivity contribution >= 4 is 17.4 Å². The highest BCUT2D eigenvalue weighted by atomic mass is 16.6. The first kappa shape index (κ1) is 14.4. The Hall–Kier alpha value is -2.62. The summed E-state index contributed by atoms with van der Waals surface area (Å²) < 4.78 is 0. The molecule has 0 heterocycles. The molecule has 7 nitrogen and oxygen atoms in total. The Morgan fingerprint density at radius 3 is 2.58 bits per heavy atom. The van der Waals surface area contributed by atoms with E-state index in [-0.39, 0.29) is 18.1 Å². The van der Waals surface area contributed by atoms with Crippen molar-refractivity contribution in [3.63, 3.8) is 0 Å². The van der Waals surface area contributed by atoms with Crippen molar-refractivity contribution in [3.05, 3.63) is 34.4 Å². The molecule has 1 aromatic rings. The summed E-state index contributed by atoms with van der Waals surface area (Å²) in [6, 6.07) is 7.22. The summed E-state index contributed by atoms with van der Waals surface area (Å²) in [6.07, 6.45) is 0.265. The van der Waals surface area contributed by atoms with Gasteiger partial charge in [0.15, 0.2) is 0 Å². The molecule has 1 N–H and O–H groups in total. The van der Waals surface area contributed by atoms with Crippen molar-refractivity contribution in [2.45, 2.75) is 13.3 Å². The highest BCUT2D eigenvalue weighted by molar-refractivity contribution is 5.89. The van der Waals surface area contributed by atoms with E-state index in [1.807, 2.05) is 13.0 Å². The summed E-state index contributed by atoms with van der Waals surface area (Å²) in [5.41, 5.74) is 0.445. The number of carbonyl (C=O) groups excluding carboxylic acids is 1. The van der Waals surface area contributed by atoms with Crippen LogP contribution in [0.1, 0.15) is 13.3 Å². The fraction of sp³-hybridized carbons (Fsp3) is 0.333. The van der Waals surface area contributed by atoms with Gasteiger partial charge in [0.25, 0.3) is 5.69 Å². The van der Waals surface area contributed by atoms with Crippen molar-refractivity contribution in [3.8, 4) is 6.07 Å². The monoisotopic (exact) mass is 262 g/mol. The van der Waals surface area contributed by atoms with Gasteiger partial charge in [-0.05, 0) is 19.1 Å². The molecule has 7 heteroatoms. The van der Waals surface area contributed by atoms with Gasteiger partial charge in [0.2, 0.25) is 0 Å². The Morgan fingerprint density at radius 2 is 2.11 bits per heavy atom. The van der Waals surface area contributed by atoms with E-state index in [9.17, 15) is 14.9 Å². The van der Waals surface area contributed by atoms with Crippen molar-refractivity contribution in [1.82, 2.24) is 4.90 Å². The number of nitrogens with one attached hydrogen (secondary N) is 1. The van der Waals surface area contributed by atoms with Gasteiger partial charge >= 0.3 is 6.03 Å². The number of nitro benzene ring substituents is 1. The summed E-state index contributed by atoms with van der Waals surface area (Å²) in [5.74, 6) is 0. The second-order valence-electron chi connectivity index (χ2n) is 3.72. The number of anilines is 1. The van der Waals surface area contributed by atoms with Crippen molar-refractivity contribution in [1.29, 1.82) is 5.26 Å². The second-order valence-corrected chi connectivity index (χ2v) is 3.72. The highest BCUT2D eigenvalue weighted by Crippen LogP contribution is 2.15. The standard InChI is InChI=1S/C12H14N4O3/c1-2-15(9-3-8-13)12(17)14-10-4-6-11(7-5-10)16(18)19/h4-7H,2-3,9H2,1H3,(H,14,17). The zero-order chi connectivity index (χ0) is 14.3. The first-order valence-electron chi connectivity index (χ1n) is 5.75. The smallest absolute Gasteiger partial charge is 0.321 e. The maximum Gasteiger partial charge on any atom is 0.321 e. The molecule has 0 saturated heterocycles. The van der Waals surface area contributed by atoms with Crippen LogP contribution >= 0.6 is 0 Å². The van der Waals surface area contributed by atoms with Gasteiger partial charge in [-0.25, -0.2) is 4.79 Å². The van der Waals surface area contributed by atoms with E-state index in [0.29, 0.717) is 18.8 Å². The lowest BCUT2D eigenvalue weighted by atomic mass is 10.3. The summed E-state index contributed by atoms with van der Waals surface area (Å²) >= 11 is 0. The first-order chi connectivity index (χ1) is 9.08. The highest BCUT2D eigenvalue weighted by Gasteiger charge is 2.12. The van der Waals surface area contributed by atoms with Crippen LogP contribution in [-0.2, 0) is 0 Å². The number of nitrogens with zero attached hydrogens (tertiary/aromatic N) is 3. The molecule has 1 aromatic carbocycles. The summed E-state index contributed by atoms with van der Waals surface area (Å²) in [4.78, 5) is 23.3. The molecule has 19 heavy (non-hydrogen) atoms. The maximum absolute atomic E-state index is 11.8. The third-order valence-electron chi connectivity index (χ3n) is 2.49. The van der Waals surface area contributed by atoms with E-state index in [1.54, 1.807) is 0 Å². The number of amides is 2. The number of benzene rings is 1. The number of nitriles is 1. The SMILES string of the molecule is CCN(CCC#N)C(=O)Nc1ccc([N+](=O)[O-])cc1. The molecule has 0 atom stereocenters. The number of non-ortho nitro benzene ring substituents is 1. The molecule has 0 unspecified atom stereocenters. The van der Waals surface area contributed by atoms with Crippen LogP contribution < -0.4 is 5.32 Å². The normalized spacial score (nSPS) is 9.47. The number of carbonyl (C=O) groups is 1. The second kappa shape index (κ2) is 6.96. The van der Waals surface area contributed by atoms with E-state index in [1.165, 1.54) is 29.2 Å². The Morgan fingerprint density at radius 1 is 1.47 bits per heavy atom. The predicted molar refractivity (Wildman–Crippen MR) is 69.6 cm³/mol. The fourth-order valence-corrected chi connectivity index (χ4v) is 1.46. The van der Waals surface area contributed by atoms with Gasteiger partial charge in [-0.1, -0.05) is 0 Å². The summed E-state index contributed by atoms with van der Waals surface area (Å²) in [6.45, 7) is 2.65. The molecule has 0 spiro atoms. The molecule has 0 aliphatic carbocycles. The minimum absolute atomic E-state index is 0.0326. The van der Waals surface area contributed by atoms with Crippen LogP contribution in [0.3, 0.4) is 0 Å². The van der Waals surface area contributed by atoms with E-state index in [0.717, 1.165) is 0 Å². The van der Waals surface area contributed by atoms with Crippen LogP contribution in [0.5, 0.6) is 0 Å². The lowest BCUT2D eigenvalue weighted by Gasteiger charge is -2.19. The summed E-state index contributed by atoms with van der Waals surface area (Å²) in [7, 11) is 0. The van der Waals surface area contributed by atoms with E-state index in [2.05, 4.69) is 5.32 Å². The van der Waals surface area contributed by atoms with Crippen LogP contribution in [0, 0.1) is 21.4 Å². The maximum atomic E-state index is 11.8. The van der Waals surface area contributed by atoms with Crippen molar-refractivity contribution in [2.24, 2.45) is 0 Å². The molecule has 0 radical (unpaired) electrons. The Bertz CT molecular complexity index is 493. The molecule has 0 bridgehead atoms. The molecule has 100 valence electrons. The molecule has 1 rings (SSSR count). The van der Waals surface area contributed by atoms with Crippen LogP contribution in [0.2, 0.25) is 0 Å². The predicted octanol–water partition coefficient (Wildman–Crippen LogP) is 2.36. The lowest BCUT2D eigenvalue weighted by Crippen LogP contribution is -2.35. The molecular weight excluding hydrogens is 248 g/mol. The lowest BCUT2D eigenvalue weighted by molar-refractivity contribution is -0.384. The average Bonchev–Trinajstić information content (AvgIpc) is 2.40. The van der Waals surface area contributed by atoms with E-state index >= 15 is 0 Å². The topological polar surface area (TPSA) is 99.3 Å². The van der Waals surface area contributed by atoms with Gasteiger partial charge < -0.3 is 10.2 Å². The van der Waals surface area contributed by atoms with Crippen LogP contribution in [-0.4, -0.2) is 28.9 Å². The minimum atomic E-state index is -0.503. The van der Waals surface area contributed by atoms with Crippen LogP contribution in [0.4, 0.5) is 16.2 Å². The molecule has 0 aliphatic heterocycles. The molecule has 2 amide bonds.